The van der Waals surface area contributed by atoms with Crippen molar-refractivity contribution in [3.8, 4) is 0 Å². The molecule has 7 nitrogen and oxygen atoms in total. The molecule has 1 N–H and O–H groups in total. The summed E-state index contributed by atoms with van der Waals surface area (Å²) in [5, 5.41) is 21.5. The fraction of sp³-hybridized carbons (Fsp3) is 0.429. The van der Waals surface area contributed by atoms with Crippen molar-refractivity contribution in [2.75, 3.05) is 13.1 Å². The third kappa shape index (κ3) is 6.35. The Balaban J connectivity index is 2.19. The zero-order valence-electron chi connectivity index (χ0n) is 16.9. The first kappa shape index (κ1) is 23.0. The van der Waals surface area contributed by atoms with E-state index in [2.05, 4.69) is 0 Å². The zero-order valence-corrected chi connectivity index (χ0v) is 17.7. The number of aliphatic hydroxyl groups excluding tert-OH is 1. The first-order valence-corrected chi connectivity index (χ1v) is 11.0. The van der Waals surface area contributed by atoms with Crippen molar-refractivity contribution in [1.82, 2.24) is 4.31 Å². The van der Waals surface area contributed by atoms with Gasteiger partial charge in [0.25, 0.3) is 5.69 Å². The third-order valence-corrected chi connectivity index (χ3v) is 6.55. The predicted octanol–water partition coefficient (Wildman–Crippen LogP) is 3.48. The minimum absolute atomic E-state index is 0.0216. The normalized spacial score (nSPS) is 14.1. The minimum Gasteiger partial charge on any atom is -0.391 e. The van der Waals surface area contributed by atoms with Crippen LogP contribution in [0.1, 0.15) is 26.3 Å². The second-order valence-electron chi connectivity index (χ2n) is 7.70. The topological polar surface area (TPSA) is 101 Å². The maximum atomic E-state index is 13.1. The van der Waals surface area contributed by atoms with Gasteiger partial charge in [-0.1, -0.05) is 51.1 Å². The van der Waals surface area contributed by atoms with E-state index in [1.54, 1.807) is 0 Å². The summed E-state index contributed by atoms with van der Waals surface area (Å²) >= 11 is 0. The number of nitro groups is 1. The van der Waals surface area contributed by atoms with Crippen molar-refractivity contribution < 1.29 is 18.4 Å². The van der Waals surface area contributed by atoms with Crippen LogP contribution in [-0.4, -0.2) is 41.9 Å². The molecule has 0 spiro atoms. The van der Waals surface area contributed by atoms with Gasteiger partial charge in [0.1, 0.15) is 0 Å². The van der Waals surface area contributed by atoms with Gasteiger partial charge in [0.05, 0.1) is 15.9 Å². The lowest BCUT2D eigenvalue weighted by molar-refractivity contribution is -0.384. The molecule has 0 aliphatic carbocycles. The molecule has 0 saturated heterocycles. The third-order valence-electron chi connectivity index (χ3n) is 4.70. The Morgan fingerprint density at radius 3 is 2.10 bits per heavy atom. The fourth-order valence-corrected chi connectivity index (χ4v) is 4.70. The number of nitrogens with zero attached hydrogens (tertiary/aromatic N) is 2. The molecule has 2 rings (SSSR count). The van der Waals surface area contributed by atoms with Crippen LogP contribution in [0.5, 0.6) is 0 Å². The lowest BCUT2D eigenvalue weighted by atomic mass is 9.96. The summed E-state index contributed by atoms with van der Waals surface area (Å²) in [4.78, 5) is 10.2. The average Bonchev–Trinajstić information content (AvgIpc) is 2.67. The van der Waals surface area contributed by atoms with Gasteiger partial charge in [-0.2, -0.15) is 4.31 Å². The number of nitro benzene ring substituents is 1. The van der Waals surface area contributed by atoms with Crippen molar-refractivity contribution in [1.29, 1.82) is 0 Å². The molecule has 0 bridgehead atoms. The molecule has 0 aliphatic heterocycles. The summed E-state index contributed by atoms with van der Waals surface area (Å²) in [5.41, 5.74) is 0.906. The van der Waals surface area contributed by atoms with Crippen LogP contribution < -0.4 is 0 Å². The van der Waals surface area contributed by atoms with E-state index >= 15 is 0 Å². The van der Waals surface area contributed by atoms with E-state index in [-0.39, 0.29) is 35.5 Å². The van der Waals surface area contributed by atoms with Gasteiger partial charge in [-0.25, -0.2) is 8.42 Å². The summed E-state index contributed by atoms with van der Waals surface area (Å²) in [7, 11) is -3.89. The minimum atomic E-state index is -3.89. The molecule has 0 unspecified atom stereocenters. The first-order valence-electron chi connectivity index (χ1n) is 9.58. The van der Waals surface area contributed by atoms with Gasteiger partial charge in [0.15, 0.2) is 0 Å². The number of hydrogen-bond donors (Lipinski definition) is 1. The molecule has 2 aromatic rings. The van der Waals surface area contributed by atoms with Crippen LogP contribution in [0.2, 0.25) is 0 Å². The molecular weight excluding hydrogens is 392 g/mol. The lowest BCUT2D eigenvalue weighted by Crippen LogP contribution is -2.42. The van der Waals surface area contributed by atoms with Crippen LogP contribution in [0, 0.1) is 22.0 Å². The molecule has 0 aliphatic rings. The Hall–Kier alpha value is -2.29. The maximum Gasteiger partial charge on any atom is 0.269 e. The highest BCUT2D eigenvalue weighted by Gasteiger charge is 2.29. The molecule has 0 fully saturated rings. The van der Waals surface area contributed by atoms with Gasteiger partial charge in [0.2, 0.25) is 10.0 Å². The predicted molar refractivity (Wildman–Crippen MR) is 112 cm³/mol. The van der Waals surface area contributed by atoms with Crippen molar-refractivity contribution >= 4 is 15.7 Å². The first-order chi connectivity index (χ1) is 13.6. The number of rotatable bonds is 10. The van der Waals surface area contributed by atoms with E-state index in [4.69, 9.17) is 0 Å². The van der Waals surface area contributed by atoms with Gasteiger partial charge < -0.3 is 5.11 Å². The molecule has 29 heavy (non-hydrogen) atoms. The Labute approximate surface area is 172 Å². The number of aliphatic hydroxyl groups is 1. The standard InChI is InChI=1S/C21H28N2O5S/c1-16(2)14-22(15-21(24)17(3)13-18-7-5-4-6-8-18)29(27,28)20-11-9-19(10-12-20)23(25)26/h4-12,16-17,21,24H,13-15H2,1-3H3/t17-,21+/m0/s1. The Kier molecular flexibility index (Phi) is 7.89. The van der Waals surface area contributed by atoms with Crippen molar-refractivity contribution in [2.24, 2.45) is 11.8 Å². The maximum absolute atomic E-state index is 13.1. The molecule has 0 radical (unpaired) electrons. The lowest BCUT2D eigenvalue weighted by Gasteiger charge is -2.28. The van der Waals surface area contributed by atoms with Crippen LogP contribution in [0.4, 0.5) is 5.69 Å². The summed E-state index contributed by atoms with van der Waals surface area (Å²) in [5.74, 6) is -0.0847. The molecule has 2 aromatic carbocycles. The van der Waals surface area contributed by atoms with E-state index in [1.165, 1.54) is 28.6 Å². The highest BCUT2D eigenvalue weighted by atomic mass is 32.2. The number of non-ortho nitro benzene ring substituents is 1. The van der Waals surface area contributed by atoms with E-state index in [0.717, 1.165) is 5.56 Å². The van der Waals surface area contributed by atoms with Crippen LogP contribution in [0.25, 0.3) is 0 Å². The highest BCUT2D eigenvalue weighted by Crippen LogP contribution is 2.22. The van der Waals surface area contributed by atoms with Gasteiger partial charge in [-0.05, 0) is 36.0 Å². The van der Waals surface area contributed by atoms with E-state index in [1.807, 2.05) is 51.1 Å². The van der Waals surface area contributed by atoms with E-state index in [9.17, 15) is 23.6 Å². The van der Waals surface area contributed by atoms with Crippen molar-refractivity contribution in [3.63, 3.8) is 0 Å². The summed E-state index contributed by atoms with van der Waals surface area (Å²) in [6.45, 7) is 5.90. The van der Waals surface area contributed by atoms with E-state index < -0.39 is 21.1 Å². The van der Waals surface area contributed by atoms with Gasteiger partial charge in [0, 0.05) is 25.2 Å². The largest absolute Gasteiger partial charge is 0.391 e. The Morgan fingerprint density at radius 2 is 1.59 bits per heavy atom. The molecular formula is C21H28N2O5S. The number of hydrogen-bond acceptors (Lipinski definition) is 5. The molecule has 0 amide bonds. The zero-order chi connectivity index (χ0) is 21.6. The number of sulfonamides is 1. The smallest absolute Gasteiger partial charge is 0.269 e. The second kappa shape index (κ2) is 9.96. The van der Waals surface area contributed by atoms with Crippen LogP contribution in [-0.2, 0) is 16.4 Å². The molecule has 8 heteroatoms. The van der Waals surface area contributed by atoms with Crippen molar-refractivity contribution in [3.05, 3.63) is 70.3 Å². The summed E-state index contributed by atoms with van der Waals surface area (Å²) < 4.78 is 27.5. The molecule has 0 aromatic heterocycles. The monoisotopic (exact) mass is 420 g/mol. The van der Waals surface area contributed by atoms with E-state index in [0.29, 0.717) is 6.42 Å². The van der Waals surface area contributed by atoms with Gasteiger partial charge in [-0.15, -0.1) is 0 Å². The Bertz CT molecular complexity index is 898. The SMILES string of the molecule is CC(C)CN(C[C@@H](O)[C@@H](C)Cc1ccccc1)S(=O)(=O)c1ccc([N+](=O)[O-])cc1. The molecule has 0 saturated carbocycles. The van der Waals surface area contributed by atoms with Crippen LogP contribution >= 0.6 is 0 Å². The second-order valence-corrected chi connectivity index (χ2v) is 9.64. The average molecular weight is 421 g/mol. The molecule has 158 valence electrons. The molecule has 2 atom stereocenters. The van der Waals surface area contributed by atoms with Crippen LogP contribution in [0.15, 0.2) is 59.5 Å². The quantitative estimate of drug-likeness (QED) is 0.468. The summed E-state index contributed by atoms with van der Waals surface area (Å²) in [6.07, 6.45) is -0.212. The molecule has 0 heterocycles. The van der Waals surface area contributed by atoms with Crippen molar-refractivity contribution in [2.45, 2.75) is 38.2 Å². The van der Waals surface area contributed by atoms with Gasteiger partial charge in [-0.3, -0.25) is 10.1 Å². The van der Waals surface area contributed by atoms with Gasteiger partial charge >= 0.3 is 0 Å². The number of benzene rings is 2. The van der Waals surface area contributed by atoms with Crippen LogP contribution in [0.3, 0.4) is 0 Å². The fourth-order valence-electron chi connectivity index (χ4n) is 3.08. The Morgan fingerprint density at radius 1 is 1.00 bits per heavy atom. The summed E-state index contributed by atoms with van der Waals surface area (Å²) in [6, 6.07) is 14.6. The highest BCUT2D eigenvalue weighted by molar-refractivity contribution is 7.89.